The minimum Gasteiger partial charge on any atom is -0.488 e. The van der Waals surface area contributed by atoms with Crippen LogP contribution in [0.2, 0.25) is 0 Å². The van der Waals surface area contributed by atoms with Gasteiger partial charge in [-0.1, -0.05) is 6.07 Å². The molecule has 3 aromatic heterocycles. The third kappa shape index (κ3) is 7.19. The lowest BCUT2D eigenvalue weighted by molar-refractivity contribution is -0.146. The van der Waals surface area contributed by atoms with Crippen molar-refractivity contribution in [2.24, 2.45) is 5.41 Å². The molecule has 1 saturated heterocycles. The van der Waals surface area contributed by atoms with E-state index in [2.05, 4.69) is 30.2 Å². The maximum Gasteiger partial charge on any atom is 0.309 e. The Labute approximate surface area is 254 Å². The Balaban J connectivity index is 1.32. The Morgan fingerprint density at radius 2 is 1.93 bits per heavy atom. The van der Waals surface area contributed by atoms with E-state index in [9.17, 15) is 18.7 Å². The molecule has 1 atom stereocenters. The molecule has 0 amide bonds. The summed E-state index contributed by atoms with van der Waals surface area (Å²) >= 11 is 0. The molecule has 0 bridgehead atoms. The lowest BCUT2D eigenvalue weighted by atomic mass is 9.85. The standard InChI is InChI=1S/C32H34F2N6O4/c1-4-43-25-8-5-13-36-30(25)44-21-7-6-14-40(19-21)28-18-35-17-27(38-28)37-26-12-11-24(34)29(39-26)22-15-20(9-10-23(22)33)16-32(2,3)31(41)42/h5,8-13,15,17-18,21H,4,6-7,14,16,19H2,1-3H3,(H,41,42)(H,37,38,39). The lowest BCUT2D eigenvalue weighted by Gasteiger charge is -2.33. The van der Waals surface area contributed by atoms with E-state index in [1.165, 1.54) is 36.5 Å². The number of pyridine rings is 2. The number of halogens is 2. The van der Waals surface area contributed by atoms with Crippen molar-refractivity contribution < 1.29 is 28.2 Å². The molecule has 0 aliphatic carbocycles. The number of benzene rings is 1. The number of aliphatic carboxylic acids is 1. The van der Waals surface area contributed by atoms with Gasteiger partial charge in [-0.3, -0.25) is 9.78 Å². The predicted octanol–water partition coefficient (Wildman–Crippen LogP) is 6.06. The molecule has 0 radical (unpaired) electrons. The first-order chi connectivity index (χ1) is 21.1. The van der Waals surface area contributed by atoms with E-state index in [4.69, 9.17) is 9.47 Å². The summed E-state index contributed by atoms with van der Waals surface area (Å²) < 4.78 is 41.6. The van der Waals surface area contributed by atoms with E-state index in [0.717, 1.165) is 19.4 Å². The molecule has 230 valence electrons. The van der Waals surface area contributed by atoms with Gasteiger partial charge < -0.3 is 24.8 Å². The molecular formula is C32H34F2N6O4. The van der Waals surface area contributed by atoms with Crippen molar-refractivity contribution in [3.05, 3.63) is 78.3 Å². The number of carboxylic acid groups (broad SMARTS) is 1. The predicted molar refractivity (Wildman–Crippen MR) is 161 cm³/mol. The topological polar surface area (TPSA) is 123 Å². The molecule has 1 aliphatic rings. The molecule has 1 unspecified atom stereocenters. The summed E-state index contributed by atoms with van der Waals surface area (Å²) in [6.07, 6.45) is 6.56. The second-order valence-electron chi connectivity index (χ2n) is 11.2. The normalized spacial score (nSPS) is 15.1. The highest BCUT2D eigenvalue weighted by molar-refractivity contribution is 5.74. The second-order valence-corrected chi connectivity index (χ2v) is 11.2. The van der Waals surface area contributed by atoms with Gasteiger partial charge in [-0.15, -0.1) is 0 Å². The van der Waals surface area contributed by atoms with Gasteiger partial charge in [0.2, 0.25) is 0 Å². The molecule has 0 spiro atoms. The Bertz CT molecular complexity index is 1640. The van der Waals surface area contributed by atoms with Gasteiger partial charge in [0.1, 0.15) is 35.1 Å². The quantitative estimate of drug-likeness (QED) is 0.209. The van der Waals surface area contributed by atoms with Gasteiger partial charge in [0.25, 0.3) is 5.88 Å². The van der Waals surface area contributed by atoms with Gasteiger partial charge in [-0.25, -0.2) is 23.7 Å². The Kier molecular flexibility index (Phi) is 9.17. The Morgan fingerprint density at radius 1 is 1.11 bits per heavy atom. The van der Waals surface area contributed by atoms with Crippen LogP contribution < -0.4 is 19.7 Å². The molecule has 5 rings (SSSR count). The van der Waals surface area contributed by atoms with E-state index in [1.807, 2.05) is 13.0 Å². The third-order valence-corrected chi connectivity index (χ3v) is 7.25. The summed E-state index contributed by atoms with van der Waals surface area (Å²) in [5, 5.41) is 12.5. The molecule has 12 heteroatoms. The Hall–Kier alpha value is -4.87. The van der Waals surface area contributed by atoms with E-state index in [0.29, 0.717) is 42.0 Å². The van der Waals surface area contributed by atoms with Crippen molar-refractivity contribution in [3.8, 4) is 22.9 Å². The van der Waals surface area contributed by atoms with Gasteiger partial charge in [-0.05, 0) is 82.0 Å². The van der Waals surface area contributed by atoms with Crippen molar-refractivity contribution in [3.63, 3.8) is 0 Å². The fraction of sp³-hybridized carbons (Fsp3) is 0.344. The number of anilines is 3. The molecular weight excluding hydrogens is 570 g/mol. The van der Waals surface area contributed by atoms with Crippen LogP contribution in [0.15, 0.2) is 61.1 Å². The van der Waals surface area contributed by atoms with Crippen molar-refractivity contribution in [1.29, 1.82) is 0 Å². The van der Waals surface area contributed by atoms with Crippen LogP contribution in [0.25, 0.3) is 11.3 Å². The monoisotopic (exact) mass is 604 g/mol. The van der Waals surface area contributed by atoms with Gasteiger partial charge in [0.05, 0.1) is 31.0 Å². The van der Waals surface area contributed by atoms with Crippen LogP contribution in [-0.4, -0.2) is 56.8 Å². The highest BCUT2D eigenvalue weighted by Gasteiger charge is 2.28. The summed E-state index contributed by atoms with van der Waals surface area (Å²) in [6.45, 7) is 6.88. The molecule has 10 nitrogen and oxygen atoms in total. The number of rotatable bonds is 11. The Morgan fingerprint density at radius 3 is 2.73 bits per heavy atom. The van der Waals surface area contributed by atoms with Crippen LogP contribution in [0.4, 0.5) is 26.2 Å². The van der Waals surface area contributed by atoms with Crippen LogP contribution in [0, 0.1) is 17.0 Å². The van der Waals surface area contributed by atoms with Crippen molar-refractivity contribution >= 4 is 23.4 Å². The summed E-state index contributed by atoms with van der Waals surface area (Å²) in [5.41, 5.74) is -0.805. The first-order valence-corrected chi connectivity index (χ1v) is 14.4. The first kappa shape index (κ1) is 30.6. The lowest BCUT2D eigenvalue weighted by Crippen LogP contribution is -2.41. The number of ether oxygens (including phenoxy) is 2. The summed E-state index contributed by atoms with van der Waals surface area (Å²) in [5.74, 6) is -0.0983. The minimum atomic E-state index is -1.08. The molecule has 1 aromatic carbocycles. The van der Waals surface area contributed by atoms with Crippen molar-refractivity contribution in [2.45, 2.75) is 46.1 Å². The average molecular weight is 605 g/mol. The number of hydrogen-bond donors (Lipinski definition) is 2. The number of carboxylic acids is 1. The highest BCUT2D eigenvalue weighted by atomic mass is 19.1. The van der Waals surface area contributed by atoms with Crippen LogP contribution in [0.1, 0.15) is 39.2 Å². The SMILES string of the molecule is CCOc1cccnc1OC1CCCN(c2cncc(Nc3ccc(F)c(-c4cc(CC(C)(C)C(=O)O)ccc4F)n3)n2)C1. The van der Waals surface area contributed by atoms with Crippen LogP contribution in [0.5, 0.6) is 11.6 Å². The molecule has 1 aliphatic heterocycles. The van der Waals surface area contributed by atoms with E-state index >= 15 is 0 Å². The zero-order valence-corrected chi connectivity index (χ0v) is 24.8. The van der Waals surface area contributed by atoms with Gasteiger partial charge in [-0.2, -0.15) is 0 Å². The molecule has 4 aromatic rings. The van der Waals surface area contributed by atoms with Gasteiger partial charge in [0.15, 0.2) is 11.6 Å². The van der Waals surface area contributed by atoms with E-state index < -0.39 is 23.0 Å². The smallest absolute Gasteiger partial charge is 0.309 e. The third-order valence-electron chi connectivity index (χ3n) is 7.25. The molecule has 44 heavy (non-hydrogen) atoms. The first-order valence-electron chi connectivity index (χ1n) is 14.4. The molecule has 4 heterocycles. The number of hydrogen-bond acceptors (Lipinski definition) is 9. The van der Waals surface area contributed by atoms with Crippen molar-refractivity contribution in [1.82, 2.24) is 19.9 Å². The number of carbonyl (C=O) groups is 1. The number of nitrogens with one attached hydrogen (secondary N) is 1. The number of aromatic nitrogens is 4. The summed E-state index contributed by atoms with van der Waals surface area (Å²) in [7, 11) is 0. The molecule has 1 fully saturated rings. The van der Waals surface area contributed by atoms with Crippen LogP contribution in [0.3, 0.4) is 0 Å². The van der Waals surface area contributed by atoms with Gasteiger partial charge in [0, 0.05) is 18.3 Å². The molecule has 0 saturated carbocycles. The van der Waals surface area contributed by atoms with Crippen LogP contribution in [-0.2, 0) is 11.2 Å². The fourth-order valence-electron chi connectivity index (χ4n) is 4.98. The minimum absolute atomic E-state index is 0.0653. The summed E-state index contributed by atoms with van der Waals surface area (Å²) in [6, 6.07) is 10.4. The maximum atomic E-state index is 14.9. The molecule has 2 N–H and O–H groups in total. The number of nitrogens with zero attached hydrogens (tertiary/aromatic N) is 5. The summed E-state index contributed by atoms with van der Waals surface area (Å²) in [4.78, 5) is 31.3. The van der Waals surface area contributed by atoms with Crippen LogP contribution >= 0.6 is 0 Å². The fourth-order valence-corrected chi connectivity index (χ4v) is 4.98. The number of piperidine rings is 1. The largest absolute Gasteiger partial charge is 0.488 e. The second kappa shape index (κ2) is 13.2. The zero-order valence-electron chi connectivity index (χ0n) is 24.8. The van der Waals surface area contributed by atoms with Gasteiger partial charge >= 0.3 is 5.97 Å². The van der Waals surface area contributed by atoms with E-state index in [1.54, 1.807) is 32.3 Å². The average Bonchev–Trinajstić information content (AvgIpc) is 3.00. The van der Waals surface area contributed by atoms with Crippen molar-refractivity contribution in [2.75, 3.05) is 29.9 Å². The zero-order chi connectivity index (χ0) is 31.3. The highest BCUT2D eigenvalue weighted by Crippen LogP contribution is 2.31. The maximum absolute atomic E-state index is 14.9. The van der Waals surface area contributed by atoms with E-state index in [-0.39, 0.29) is 29.6 Å².